The molecule has 1 aliphatic rings. The van der Waals surface area contributed by atoms with Crippen molar-refractivity contribution in [3.63, 3.8) is 0 Å². The predicted octanol–water partition coefficient (Wildman–Crippen LogP) is 3.82. The van der Waals surface area contributed by atoms with Crippen molar-refractivity contribution in [3.8, 4) is 0 Å². The van der Waals surface area contributed by atoms with Gasteiger partial charge in [-0.15, -0.1) is 0 Å². The Morgan fingerprint density at radius 3 is 2.46 bits per heavy atom. The lowest BCUT2D eigenvalue weighted by Gasteiger charge is -2.30. The number of nitrogens with one attached hydrogen (secondary N) is 3. The zero-order valence-electron chi connectivity index (χ0n) is 13.8. The van der Waals surface area contributed by atoms with Crippen LogP contribution < -0.4 is 10.6 Å². The van der Waals surface area contributed by atoms with E-state index >= 15 is 0 Å². The van der Waals surface area contributed by atoms with Crippen molar-refractivity contribution in [3.05, 3.63) is 59.4 Å². The molecule has 1 fully saturated rings. The number of halogens is 4. The topological polar surface area (TPSA) is 51.2 Å². The summed E-state index contributed by atoms with van der Waals surface area (Å²) in [5.74, 6) is -0.447. The first-order chi connectivity index (χ1) is 12.3. The van der Waals surface area contributed by atoms with E-state index in [0.29, 0.717) is 37.6 Å². The van der Waals surface area contributed by atoms with Crippen molar-refractivity contribution in [2.24, 2.45) is 0 Å². The molecule has 0 atom stereocenters. The van der Waals surface area contributed by atoms with Crippen molar-refractivity contribution >= 4 is 17.2 Å². The van der Waals surface area contributed by atoms with Crippen LogP contribution in [0.3, 0.4) is 0 Å². The lowest BCUT2D eigenvalue weighted by atomic mass is 10.1. The Labute approximate surface area is 148 Å². The van der Waals surface area contributed by atoms with E-state index in [1.54, 1.807) is 11.0 Å². The second-order valence-corrected chi connectivity index (χ2v) is 5.98. The van der Waals surface area contributed by atoms with Crippen LogP contribution in [0.25, 0.3) is 0 Å². The minimum Gasteiger partial charge on any atom is -0.355 e. The first-order valence-corrected chi connectivity index (χ1v) is 8.13. The lowest BCUT2D eigenvalue weighted by Crippen LogP contribution is -2.46. The quantitative estimate of drug-likeness (QED) is 0.440. The van der Waals surface area contributed by atoms with Crippen LogP contribution in [0, 0.1) is 11.2 Å². The Hall–Kier alpha value is -2.61. The molecule has 1 heterocycles. The molecule has 138 valence electrons. The van der Waals surface area contributed by atoms with Crippen LogP contribution in [0.5, 0.6) is 0 Å². The van der Waals surface area contributed by atoms with Crippen molar-refractivity contribution < 1.29 is 17.6 Å². The van der Waals surface area contributed by atoms with E-state index in [0.717, 1.165) is 12.1 Å². The standard InChI is InChI=1S/C18H18F4N4/c19-13-2-1-3-14(11-13)25-16-5-4-12(18(20,21)22)10-15(16)17(23)26-8-6-24-7-9-26/h1-5,10-11,23-25H,6-9H2. The van der Waals surface area contributed by atoms with Crippen LogP contribution in [0.15, 0.2) is 42.5 Å². The average Bonchev–Trinajstić information content (AvgIpc) is 2.61. The van der Waals surface area contributed by atoms with Gasteiger partial charge in [0.1, 0.15) is 11.7 Å². The molecule has 0 aromatic heterocycles. The summed E-state index contributed by atoms with van der Waals surface area (Å²) >= 11 is 0. The van der Waals surface area contributed by atoms with Gasteiger partial charge < -0.3 is 15.5 Å². The van der Waals surface area contributed by atoms with Crippen LogP contribution in [0.2, 0.25) is 0 Å². The SMILES string of the molecule is N=C(c1cc(C(F)(F)F)ccc1Nc1cccc(F)c1)N1CCNCC1. The largest absolute Gasteiger partial charge is 0.416 e. The normalized spacial score (nSPS) is 15.0. The summed E-state index contributed by atoms with van der Waals surface area (Å²) < 4.78 is 52.8. The number of hydrogen-bond donors (Lipinski definition) is 3. The van der Waals surface area contributed by atoms with E-state index in [1.165, 1.54) is 24.3 Å². The Morgan fingerprint density at radius 2 is 1.81 bits per heavy atom. The highest BCUT2D eigenvalue weighted by Crippen LogP contribution is 2.33. The zero-order chi connectivity index (χ0) is 18.7. The first kappa shape index (κ1) is 18.2. The van der Waals surface area contributed by atoms with E-state index in [2.05, 4.69) is 10.6 Å². The monoisotopic (exact) mass is 366 g/mol. The second kappa shape index (κ2) is 7.33. The molecule has 26 heavy (non-hydrogen) atoms. The van der Waals surface area contributed by atoms with Gasteiger partial charge in [-0.3, -0.25) is 5.41 Å². The summed E-state index contributed by atoms with van der Waals surface area (Å²) in [5, 5.41) is 14.5. The third kappa shape index (κ3) is 4.13. The van der Waals surface area contributed by atoms with Crippen LogP contribution in [0.1, 0.15) is 11.1 Å². The summed E-state index contributed by atoms with van der Waals surface area (Å²) in [6, 6.07) is 8.83. The third-order valence-electron chi connectivity index (χ3n) is 4.14. The van der Waals surface area contributed by atoms with Crippen LogP contribution in [-0.2, 0) is 6.18 Å². The van der Waals surface area contributed by atoms with E-state index in [9.17, 15) is 17.6 Å². The fraction of sp³-hybridized carbons (Fsp3) is 0.278. The number of nitrogens with zero attached hydrogens (tertiary/aromatic N) is 1. The molecule has 8 heteroatoms. The summed E-state index contributed by atoms with van der Waals surface area (Å²) in [6.45, 7) is 2.39. The molecule has 0 radical (unpaired) electrons. The molecule has 0 unspecified atom stereocenters. The number of amidine groups is 1. The minimum atomic E-state index is -4.50. The van der Waals surface area contributed by atoms with Gasteiger partial charge in [0.25, 0.3) is 0 Å². The highest BCUT2D eigenvalue weighted by molar-refractivity contribution is 6.02. The third-order valence-corrected chi connectivity index (χ3v) is 4.14. The Balaban J connectivity index is 1.98. The van der Waals surface area contributed by atoms with Crippen molar-refractivity contribution in [1.29, 1.82) is 5.41 Å². The number of anilines is 2. The van der Waals surface area contributed by atoms with Gasteiger partial charge in [0.2, 0.25) is 0 Å². The van der Waals surface area contributed by atoms with E-state index in [1.807, 2.05) is 0 Å². The van der Waals surface area contributed by atoms with E-state index < -0.39 is 17.6 Å². The predicted molar refractivity (Wildman–Crippen MR) is 92.4 cm³/mol. The highest BCUT2D eigenvalue weighted by Gasteiger charge is 2.32. The van der Waals surface area contributed by atoms with Gasteiger partial charge in [-0.1, -0.05) is 6.07 Å². The smallest absolute Gasteiger partial charge is 0.355 e. The molecule has 2 aromatic carbocycles. The zero-order valence-corrected chi connectivity index (χ0v) is 13.8. The van der Waals surface area contributed by atoms with Crippen molar-refractivity contribution in [1.82, 2.24) is 10.2 Å². The minimum absolute atomic E-state index is 0.0107. The Bertz CT molecular complexity index is 798. The fourth-order valence-electron chi connectivity index (χ4n) is 2.81. The van der Waals surface area contributed by atoms with Crippen LogP contribution in [-0.4, -0.2) is 36.9 Å². The highest BCUT2D eigenvalue weighted by atomic mass is 19.4. The molecule has 0 amide bonds. The van der Waals surface area contributed by atoms with Gasteiger partial charge in [-0.25, -0.2) is 4.39 Å². The molecule has 1 aliphatic heterocycles. The molecule has 3 rings (SSSR count). The molecule has 2 aromatic rings. The van der Waals surface area contributed by atoms with Crippen LogP contribution in [0.4, 0.5) is 28.9 Å². The van der Waals surface area contributed by atoms with Crippen LogP contribution >= 0.6 is 0 Å². The summed E-state index contributed by atoms with van der Waals surface area (Å²) in [6.07, 6.45) is -4.50. The molecule has 3 N–H and O–H groups in total. The first-order valence-electron chi connectivity index (χ1n) is 8.13. The molecule has 0 saturated carbocycles. The van der Waals surface area contributed by atoms with Crippen molar-refractivity contribution in [2.45, 2.75) is 6.18 Å². The maximum Gasteiger partial charge on any atom is 0.416 e. The fourth-order valence-corrected chi connectivity index (χ4v) is 2.81. The van der Waals surface area contributed by atoms with Crippen molar-refractivity contribution in [2.75, 3.05) is 31.5 Å². The van der Waals surface area contributed by atoms with E-state index in [-0.39, 0.29) is 11.4 Å². The summed E-state index contributed by atoms with van der Waals surface area (Å²) in [7, 11) is 0. The molecular weight excluding hydrogens is 348 g/mol. The number of benzene rings is 2. The number of alkyl halides is 3. The van der Waals surface area contributed by atoms with Gasteiger partial charge in [0.05, 0.1) is 5.56 Å². The summed E-state index contributed by atoms with van der Waals surface area (Å²) in [5.41, 5.74) is 0.0365. The molecule has 1 saturated heterocycles. The molecule has 0 bridgehead atoms. The number of rotatable bonds is 3. The average molecular weight is 366 g/mol. The maximum absolute atomic E-state index is 13.4. The number of piperazine rings is 1. The lowest BCUT2D eigenvalue weighted by molar-refractivity contribution is -0.137. The Kier molecular flexibility index (Phi) is 5.13. The van der Waals surface area contributed by atoms with Gasteiger partial charge in [0, 0.05) is 43.1 Å². The second-order valence-electron chi connectivity index (χ2n) is 5.98. The van der Waals surface area contributed by atoms with Gasteiger partial charge in [-0.05, 0) is 36.4 Å². The maximum atomic E-state index is 13.4. The van der Waals surface area contributed by atoms with E-state index in [4.69, 9.17) is 5.41 Å². The summed E-state index contributed by atoms with van der Waals surface area (Å²) in [4.78, 5) is 1.72. The molecule has 0 aliphatic carbocycles. The molecule has 4 nitrogen and oxygen atoms in total. The van der Waals surface area contributed by atoms with Gasteiger partial charge in [-0.2, -0.15) is 13.2 Å². The molecule has 0 spiro atoms. The van der Waals surface area contributed by atoms with Gasteiger partial charge >= 0.3 is 6.18 Å². The Morgan fingerprint density at radius 1 is 1.08 bits per heavy atom. The molecular formula is C18H18F4N4. The number of hydrogen-bond acceptors (Lipinski definition) is 3. The van der Waals surface area contributed by atoms with Gasteiger partial charge in [0.15, 0.2) is 0 Å².